The van der Waals surface area contributed by atoms with Gasteiger partial charge < -0.3 is 11.1 Å². The topological polar surface area (TPSA) is 55.1 Å². The first-order chi connectivity index (χ1) is 8.10. The van der Waals surface area contributed by atoms with Crippen LogP contribution in [0.3, 0.4) is 0 Å². The minimum atomic E-state index is -0.0184. The Bertz CT molecular complexity index is 388. The summed E-state index contributed by atoms with van der Waals surface area (Å²) in [6.45, 7) is 6.57. The van der Waals surface area contributed by atoms with Crippen LogP contribution in [0.15, 0.2) is 18.2 Å². The third kappa shape index (κ3) is 3.56. The summed E-state index contributed by atoms with van der Waals surface area (Å²) in [7, 11) is 0. The van der Waals surface area contributed by atoms with Crippen LogP contribution in [0.1, 0.15) is 41.3 Å². The fourth-order valence-corrected chi connectivity index (χ4v) is 1.86. The van der Waals surface area contributed by atoms with E-state index in [1.165, 1.54) is 0 Å². The van der Waals surface area contributed by atoms with Gasteiger partial charge in [0.25, 0.3) is 5.91 Å². The molecular formula is C14H22N2O. The number of nitrogens with one attached hydrogen (secondary N) is 1. The average Bonchev–Trinajstić information content (AvgIpc) is 2.31. The summed E-state index contributed by atoms with van der Waals surface area (Å²) < 4.78 is 0. The first-order valence-electron chi connectivity index (χ1n) is 6.17. The number of benzene rings is 1. The predicted octanol–water partition coefficient (Wildman–Crippen LogP) is 2.16. The van der Waals surface area contributed by atoms with Gasteiger partial charge in [-0.2, -0.15) is 0 Å². The minimum absolute atomic E-state index is 0.0184. The smallest absolute Gasteiger partial charge is 0.251 e. The van der Waals surface area contributed by atoms with Gasteiger partial charge >= 0.3 is 0 Å². The Morgan fingerprint density at radius 1 is 1.41 bits per heavy atom. The summed E-state index contributed by atoms with van der Waals surface area (Å²) in [6, 6.07) is 5.86. The van der Waals surface area contributed by atoms with Crippen LogP contribution in [-0.4, -0.2) is 18.5 Å². The summed E-state index contributed by atoms with van der Waals surface area (Å²) in [5.74, 6) is -0.0184. The third-order valence-electron chi connectivity index (χ3n) is 3.11. The molecule has 94 valence electrons. The zero-order valence-electron chi connectivity index (χ0n) is 10.9. The average molecular weight is 234 g/mol. The number of hydrogen-bond donors (Lipinski definition) is 2. The van der Waals surface area contributed by atoms with Crippen LogP contribution in [0.2, 0.25) is 0 Å². The molecule has 0 spiro atoms. The van der Waals surface area contributed by atoms with Crippen molar-refractivity contribution in [3.63, 3.8) is 0 Å². The molecule has 3 heteroatoms. The summed E-state index contributed by atoms with van der Waals surface area (Å²) in [5, 5.41) is 2.99. The molecule has 0 radical (unpaired) electrons. The highest BCUT2D eigenvalue weighted by Crippen LogP contribution is 2.12. The highest BCUT2D eigenvalue weighted by atomic mass is 16.1. The van der Waals surface area contributed by atoms with Crippen molar-refractivity contribution in [1.82, 2.24) is 5.32 Å². The van der Waals surface area contributed by atoms with Crippen molar-refractivity contribution in [2.75, 3.05) is 6.54 Å². The highest BCUT2D eigenvalue weighted by Gasteiger charge is 2.13. The largest absolute Gasteiger partial charge is 0.348 e. The van der Waals surface area contributed by atoms with Gasteiger partial charge in [0.15, 0.2) is 0 Å². The van der Waals surface area contributed by atoms with Gasteiger partial charge in [0, 0.05) is 18.2 Å². The van der Waals surface area contributed by atoms with Crippen LogP contribution >= 0.6 is 0 Å². The molecule has 3 N–H and O–H groups in total. The lowest BCUT2D eigenvalue weighted by molar-refractivity contribution is 0.0935. The number of carbonyl (C=O) groups is 1. The Hall–Kier alpha value is -1.35. The third-order valence-corrected chi connectivity index (χ3v) is 3.11. The first-order valence-corrected chi connectivity index (χ1v) is 6.17. The molecule has 0 fully saturated rings. The normalized spacial score (nSPS) is 12.2. The highest BCUT2D eigenvalue weighted by molar-refractivity contribution is 5.96. The second-order valence-electron chi connectivity index (χ2n) is 4.44. The summed E-state index contributed by atoms with van der Waals surface area (Å²) >= 11 is 0. The lowest BCUT2D eigenvalue weighted by Crippen LogP contribution is -2.40. The molecule has 1 amide bonds. The minimum Gasteiger partial charge on any atom is -0.348 e. The molecule has 1 aromatic carbocycles. The number of amides is 1. The monoisotopic (exact) mass is 234 g/mol. The van der Waals surface area contributed by atoms with Gasteiger partial charge in [-0.15, -0.1) is 0 Å². The molecule has 1 unspecified atom stereocenters. The van der Waals surface area contributed by atoms with E-state index in [1.54, 1.807) is 0 Å². The van der Waals surface area contributed by atoms with Gasteiger partial charge in [0.1, 0.15) is 0 Å². The molecule has 1 aromatic rings. The Morgan fingerprint density at radius 2 is 2.12 bits per heavy atom. The van der Waals surface area contributed by atoms with Crippen LogP contribution in [0.25, 0.3) is 0 Å². The molecule has 0 aromatic heterocycles. The van der Waals surface area contributed by atoms with E-state index in [-0.39, 0.29) is 11.9 Å². The van der Waals surface area contributed by atoms with Gasteiger partial charge in [-0.05, 0) is 37.5 Å². The Balaban J connectivity index is 2.79. The van der Waals surface area contributed by atoms with Crippen LogP contribution < -0.4 is 11.1 Å². The Kier molecular flexibility index (Phi) is 5.16. The number of hydrogen-bond acceptors (Lipinski definition) is 2. The van der Waals surface area contributed by atoms with E-state index in [0.717, 1.165) is 29.5 Å². The van der Waals surface area contributed by atoms with Crippen molar-refractivity contribution in [2.24, 2.45) is 5.73 Å². The van der Waals surface area contributed by atoms with Crippen LogP contribution in [0, 0.1) is 13.8 Å². The molecule has 17 heavy (non-hydrogen) atoms. The zero-order chi connectivity index (χ0) is 12.8. The second kappa shape index (κ2) is 6.40. The number of rotatable bonds is 5. The summed E-state index contributed by atoms with van der Waals surface area (Å²) in [4.78, 5) is 12.1. The van der Waals surface area contributed by atoms with Crippen molar-refractivity contribution in [2.45, 2.75) is 39.7 Å². The molecule has 0 saturated carbocycles. The lowest BCUT2D eigenvalue weighted by atomic mass is 10.0. The van der Waals surface area contributed by atoms with E-state index in [2.05, 4.69) is 12.2 Å². The molecule has 0 saturated heterocycles. The quantitative estimate of drug-likeness (QED) is 0.820. The van der Waals surface area contributed by atoms with Crippen molar-refractivity contribution in [1.29, 1.82) is 0 Å². The summed E-state index contributed by atoms with van der Waals surface area (Å²) in [6.07, 6.45) is 1.95. The van der Waals surface area contributed by atoms with Crippen molar-refractivity contribution < 1.29 is 4.79 Å². The van der Waals surface area contributed by atoms with Crippen LogP contribution in [0.4, 0.5) is 0 Å². The van der Waals surface area contributed by atoms with Gasteiger partial charge in [-0.3, -0.25) is 4.79 Å². The molecule has 0 aliphatic carbocycles. The maximum Gasteiger partial charge on any atom is 0.251 e. The number of nitrogens with two attached hydrogens (primary N) is 1. The molecule has 3 nitrogen and oxygen atoms in total. The maximum absolute atomic E-state index is 12.1. The van der Waals surface area contributed by atoms with Gasteiger partial charge in [-0.1, -0.05) is 25.5 Å². The Morgan fingerprint density at radius 3 is 2.71 bits per heavy atom. The molecule has 1 atom stereocenters. The van der Waals surface area contributed by atoms with E-state index in [4.69, 9.17) is 5.73 Å². The van der Waals surface area contributed by atoms with Crippen molar-refractivity contribution >= 4 is 5.91 Å². The SMILES string of the molecule is CCCC(CN)NC(=O)c1cccc(C)c1C. The van der Waals surface area contributed by atoms with Crippen LogP contribution in [-0.2, 0) is 0 Å². The van der Waals surface area contributed by atoms with Crippen molar-refractivity contribution in [3.05, 3.63) is 34.9 Å². The molecule has 1 rings (SSSR count). The van der Waals surface area contributed by atoms with Gasteiger partial charge in [0.2, 0.25) is 0 Å². The Labute approximate surface area is 103 Å². The molecule has 0 bridgehead atoms. The fraction of sp³-hybridized carbons (Fsp3) is 0.500. The number of aryl methyl sites for hydroxylation is 1. The maximum atomic E-state index is 12.1. The lowest BCUT2D eigenvalue weighted by Gasteiger charge is -2.17. The predicted molar refractivity (Wildman–Crippen MR) is 71.1 cm³/mol. The summed E-state index contributed by atoms with van der Waals surface area (Å²) in [5.41, 5.74) is 8.56. The van der Waals surface area contributed by atoms with E-state index >= 15 is 0 Å². The van der Waals surface area contributed by atoms with E-state index in [9.17, 15) is 4.79 Å². The fourth-order valence-electron chi connectivity index (χ4n) is 1.86. The molecule has 0 aliphatic rings. The van der Waals surface area contributed by atoms with Gasteiger partial charge in [-0.25, -0.2) is 0 Å². The molecular weight excluding hydrogens is 212 g/mol. The van der Waals surface area contributed by atoms with E-state index in [1.807, 2.05) is 32.0 Å². The van der Waals surface area contributed by atoms with Crippen molar-refractivity contribution in [3.8, 4) is 0 Å². The van der Waals surface area contributed by atoms with E-state index in [0.29, 0.717) is 6.54 Å². The first kappa shape index (κ1) is 13.7. The second-order valence-corrected chi connectivity index (χ2v) is 4.44. The number of carbonyl (C=O) groups excluding carboxylic acids is 1. The molecule has 0 heterocycles. The standard InChI is InChI=1S/C14H22N2O/c1-4-6-12(9-15)16-14(17)13-8-5-7-10(2)11(13)3/h5,7-8,12H,4,6,9,15H2,1-3H3,(H,16,17). The zero-order valence-corrected chi connectivity index (χ0v) is 10.9. The van der Waals surface area contributed by atoms with Crippen LogP contribution in [0.5, 0.6) is 0 Å². The van der Waals surface area contributed by atoms with Gasteiger partial charge in [0.05, 0.1) is 0 Å². The molecule has 0 aliphatic heterocycles. The van der Waals surface area contributed by atoms with E-state index < -0.39 is 0 Å².